The molecule has 0 saturated carbocycles. The van der Waals surface area contributed by atoms with Gasteiger partial charge in [-0.15, -0.1) is 23.5 Å². The molecule has 10 nitrogen and oxygen atoms in total. The van der Waals surface area contributed by atoms with Crippen molar-refractivity contribution in [3.05, 3.63) is 173 Å². The van der Waals surface area contributed by atoms with Gasteiger partial charge in [-0.1, -0.05) is 72.8 Å². The molecule has 9 aromatic rings. The van der Waals surface area contributed by atoms with E-state index < -0.39 is 11.9 Å². The number of H-pyrrole nitrogens is 2. The van der Waals surface area contributed by atoms with Gasteiger partial charge in [0.1, 0.15) is 0 Å². The number of carboxylic acids is 2. The van der Waals surface area contributed by atoms with E-state index >= 15 is 0 Å². The second-order valence-corrected chi connectivity index (χ2v) is 14.2. The zero-order valence-electron chi connectivity index (χ0n) is 29.7. The molecule has 1 aromatic heterocycles. The molecular formula is C44H30N2O8S2. The summed E-state index contributed by atoms with van der Waals surface area (Å²) in [5.41, 5.74) is 1.93. The topological polar surface area (TPSA) is 174 Å². The van der Waals surface area contributed by atoms with Crippen LogP contribution in [0.4, 0.5) is 0 Å². The van der Waals surface area contributed by atoms with Gasteiger partial charge in [-0.3, -0.25) is 19.2 Å². The number of fused-ring (bicyclic) bond motifs is 8. The highest BCUT2D eigenvalue weighted by atomic mass is 32.2. The molecule has 0 fully saturated rings. The van der Waals surface area contributed by atoms with Crippen LogP contribution in [-0.2, 0) is 0 Å². The summed E-state index contributed by atoms with van der Waals surface area (Å²) in [5, 5.41) is 20.1. The maximum absolute atomic E-state index is 13.4. The number of hydrogen-bond acceptors (Lipinski definition) is 8. The van der Waals surface area contributed by atoms with E-state index in [0.29, 0.717) is 76.3 Å². The second kappa shape index (κ2) is 15.5. The van der Waals surface area contributed by atoms with Crippen molar-refractivity contribution in [3.63, 3.8) is 0 Å². The molecule has 0 unspecified atom stereocenters. The monoisotopic (exact) mass is 778 g/mol. The summed E-state index contributed by atoms with van der Waals surface area (Å²) < 4.78 is 0. The number of carbonyl (C=O) groups is 2. The summed E-state index contributed by atoms with van der Waals surface area (Å²) in [6.07, 6.45) is 3.73. The molecule has 12 heteroatoms. The molecule has 0 atom stereocenters. The maximum atomic E-state index is 13.4. The van der Waals surface area contributed by atoms with Crippen LogP contribution in [0.3, 0.4) is 0 Å². The summed E-state index contributed by atoms with van der Waals surface area (Å²) in [4.78, 5) is 82.2. The minimum absolute atomic E-state index is 0.205. The molecule has 0 spiro atoms. The minimum Gasteiger partial charge on any atom is -0.478 e. The van der Waals surface area contributed by atoms with Crippen molar-refractivity contribution >= 4 is 101 Å². The summed E-state index contributed by atoms with van der Waals surface area (Å²) in [5.74, 6) is -1.73. The molecule has 0 aliphatic carbocycles. The number of aromatic nitrogens is 2. The molecule has 0 amide bonds. The van der Waals surface area contributed by atoms with Crippen molar-refractivity contribution in [2.75, 3.05) is 12.5 Å². The van der Waals surface area contributed by atoms with E-state index in [1.807, 2.05) is 24.6 Å². The summed E-state index contributed by atoms with van der Waals surface area (Å²) >= 11 is 2.89. The third-order valence-electron chi connectivity index (χ3n) is 9.38. The Kier molecular flexibility index (Phi) is 10.4. The number of rotatable bonds is 4. The average Bonchev–Trinajstić information content (AvgIpc) is 3.23. The average molecular weight is 779 g/mol. The van der Waals surface area contributed by atoms with Crippen molar-refractivity contribution in [2.45, 2.75) is 9.79 Å². The molecule has 0 saturated heterocycles. The first-order valence-corrected chi connectivity index (χ1v) is 19.5. The van der Waals surface area contributed by atoms with Crippen molar-refractivity contribution in [2.24, 2.45) is 0 Å². The molecule has 8 aromatic carbocycles. The fourth-order valence-electron chi connectivity index (χ4n) is 6.75. The lowest BCUT2D eigenvalue weighted by Crippen LogP contribution is -2.14. The van der Waals surface area contributed by atoms with E-state index in [9.17, 15) is 28.8 Å². The zero-order chi connectivity index (χ0) is 39.7. The van der Waals surface area contributed by atoms with Crippen LogP contribution in [0.5, 0.6) is 0 Å². The molecule has 0 radical (unpaired) electrons. The SMILES string of the molecule is CSc1ccccc1C(=O)O.CSc1ccccc1C(=O)O.O=c1c2ccccc2c(=O)c2c1ccc1[nH]c3c(ccc4c(=O)c5ccccc5c(=O)c43)[nH]c12. The second-order valence-electron chi connectivity index (χ2n) is 12.5. The Morgan fingerprint density at radius 3 is 1.07 bits per heavy atom. The summed E-state index contributed by atoms with van der Waals surface area (Å²) in [6, 6.07) is 34.2. The third kappa shape index (κ3) is 6.65. The number of benzene rings is 8. The van der Waals surface area contributed by atoms with E-state index in [-0.39, 0.29) is 21.7 Å². The van der Waals surface area contributed by atoms with Gasteiger partial charge in [-0.05, 0) is 61.0 Å². The van der Waals surface area contributed by atoms with Crippen LogP contribution in [0.15, 0.2) is 150 Å². The van der Waals surface area contributed by atoms with Gasteiger partial charge in [0.15, 0.2) is 21.7 Å². The first-order valence-electron chi connectivity index (χ1n) is 17.0. The molecule has 4 N–H and O–H groups in total. The van der Waals surface area contributed by atoms with Gasteiger partial charge >= 0.3 is 11.9 Å². The first kappa shape index (κ1) is 37.6. The number of aromatic amines is 2. The standard InChI is InChI=1S/C28H14N2O4.2C8H8O2S/c31-25-13-5-1-3-7-15(13)27(33)21-17(25)9-11-19-23(21)29-20-12-10-18-22(24(20)30-19)28(34)16-8-4-2-6-14(16)26(18)32;2*1-11-7-5-3-2-4-6(7)8(9)10/h1-12,29-30H;2*2-5H,1H3,(H,9,10). The van der Waals surface area contributed by atoms with Gasteiger partial charge in [-0.25, -0.2) is 9.59 Å². The lowest BCUT2D eigenvalue weighted by Gasteiger charge is -2.10. The predicted molar refractivity (Wildman–Crippen MR) is 227 cm³/mol. The molecule has 1 heterocycles. The first-order chi connectivity index (χ1) is 27.0. The highest BCUT2D eigenvalue weighted by Crippen LogP contribution is 2.27. The van der Waals surface area contributed by atoms with E-state index in [4.69, 9.17) is 10.2 Å². The normalized spacial score (nSPS) is 11.0. The Labute approximate surface area is 324 Å². The summed E-state index contributed by atoms with van der Waals surface area (Å²) in [6.45, 7) is 0. The Bertz CT molecular complexity index is 3070. The van der Waals surface area contributed by atoms with Crippen LogP contribution >= 0.6 is 23.5 Å². The van der Waals surface area contributed by atoms with E-state index in [1.54, 1.807) is 109 Å². The van der Waals surface area contributed by atoms with Crippen LogP contribution in [-0.4, -0.2) is 44.6 Å². The molecular weight excluding hydrogens is 749 g/mol. The Morgan fingerprint density at radius 1 is 0.429 bits per heavy atom. The summed E-state index contributed by atoms with van der Waals surface area (Å²) in [7, 11) is 0. The predicted octanol–water partition coefficient (Wildman–Crippen LogP) is 8.35. The Balaban J connectivity index is 0.000000179. The smallest absolute Gasteiger partial charge is 0.336 e. The lowest BCUT2D eigenvalue weighted by atomic mass is 9.99. The number of hydrogen-bond donors (Lipinski definition) is 4. The number of nitrogens with one attached hydrogen (secondary N) is 2. The van der Waals surface area contributed by atoms with Crippen LogP contribution < -0.4 is 21.7 Å². The Hall–Kier alpha value is -6.76. The number of aromatic carboxylic acids is 2. The molecule has 0 aliphatic heterocycles. The number of thioether (sulfide) groups is 2. The van der Waals surface area contributed by atoms with Gasteiger partial charge in [0.2, 0.25) is 0 Å². The lowest BCUT2D eigenvalue weighted by molar-refractivity contribution is 0.0682. The van der Waals surface area contributed by atoms with Crippen molar-refractivity contribution in [1.29, 1.82) is 0 Å². The van der Waals surface area contributed by atoms with E-state index in [2.05, 4.69) is 9.97 Å². The number of carboxylic acid groups (broad SMARTS) is 2. The fourth-order valence-corrected chi connectivity index (χ4v) is 7.93. The third-order valence-corrected chi connectivity index (χ3v) is 11.0. The van der Waals surface area contributed by atoms with Crippen molar-refractivity contribution in [1.82, 2.24) is 9.97 Å². The van der Waals surface area contributed by atoms with Gasteiger partial charge in [0, 0.05) is 42.1 Å². The minimum atomic E-state index is -0.866. The van der Waals surface area contributed by atoms with Gasteiger partial charge in [0.25, 0.3) is 0 Å². The largest absolute Gasteiger partial charge is 0.478 e. The fraction of sp³-hybridized carbons (Fsp3) is 0.0455. The van der Waals surface area contributed by atoms with Crippen LogP contribution in [0.25, 0.3) is 65.2 Å². The van der Waals surface area contributed by atoms with Crippen molar-refractivity contribution in [3.8, 4) is 0 Å². The van der Waals surface area contributed by atoms with Gasteiger partial charge < -0.3 is 20.2 Å². The van der Waals surface area contributed by atoms with Crippen LogP contribution in [0, 0.1) is 0 Å². The van der Waals surface area contributed by atoms with Crippen LogP contribution in [0.2, 0.25) is 0 Å². The highest BCUT2D eigenvalue weighted by Gasteiger charge is 2.17. The quantitative estimate of drug-likeness (QED) is 0.0772. The van der Waals surface area contributed by atoms with E-state index in [0.717, 1.165) is 9.79 Å². The molecule has 0 bridgehead atoms. The molecule has 56 heavy (non-hydrogen) atoms. The molecule has 276 valence electrons. The van der Waals surface area contributed by atoms with Crippen molar-refractivity contribution < 1.29 is 19.8 Å². The molecule has 9 rings (SSSR count). The van der Waals surface area contributed by atoms with Gasteiger partial charge in [-0.2, -0.15) is 0 Å². The van der Waals surface area contributed by atoms with Gasteiger partial charge in [0.05, 0.1) is 44.0 Å². The van der Waals surface area contributed by atoms with Crippen LogP contribution in [0.1, 0.15) is 20.7 Å². The van der Waals surface area contributed by atoms with E-state index in [1.165, 1.54) is 23.5 Å². The molecule has 0 aliphatic rings. The highest BCUT2D eigenvalue weighted by molar-refractivity contribution is 7.99. The Morgan fingerprint density at radius 2 is 0.750 bits per heavy atom. The maximum Gasteiger partial charge on any atom is 0.336 e. The zero-order valence-corrected chi connectivity index (χ0v) is 31.3.